The quantitative estimate of drug-likeness (QED) is 0.783. The van der Waals surface area contributed by atoms with Gasteiger partial charge in [-0.3, -0.25) is 4.79 Å². The zero-order valence-electron chi connectivity index (χ0n) is 10.1. The first-order chi connectivity index (χ1) is 9.15. The Morgan fingerprint density at radius 2 is 2.16 bits per heavy atom. The molecule has 1 aliphatic rings. The van der Waals surface area contributed by atoms with Crippen molar-refractivity contribution in [3.05, 3.63) is 50.8 Å². The van der Waals surface area contributed by atoms with Crippen molar-refractivity contribution in [2.24, 2.45) is 0 Å². The number of hydrogen-bond acceptors (Lipinski definition) is 1. The average molecular weight is 387 g/mol. The van der Waals surface area contributed by atoms with Crippen LogP contribution in [0, 0.1) is 3.57 Å². The summed E-state index contributed by atoms with van der Waals surface area (Å²) in [6.45, 7) is 0. The molecule has 0 saturated heterocycles. The van der Waals surface area contributed by atoms with Gasteiger partial charge < -0.3 is 9.88 Å². The second-order valence-corrected chi connectivity index (χ2v) is 6.26. The number of carbonyl (C=O) groups is 1. The molecular formula is C14H12ClIN2O. The molecule has 3 rings (SSSR count). The van der Waals surface area contributed by atoms with E-state index in [0.717, 1.165) is 16.4 Å². The Kier molecular flexibility index (Phi) is 3.54. The van der Waals surface area contributed by atoms with Gasteiger partial charge in [0, 0.05) is 15.8 Å². The summed E-state index contributed by atoms with van der Waals surface area (Å²) in [5.74, 6) is -0.111. The van der Waals surface area contributed by atoms with Crippen LogP contribution in [-0.2, 0) is 0 Å². The second-order valence-electron chi connectivity index (χ2n) is 4.61. The predicted molar refractivity (Wildman–Crippen MR) is 84.8 cm³/mol. The summed E-state index contributed by atoms with van der Waals surface area (Å²) in [5, 5.41) is 3.43. The first-order valence-corrected chi connectivity index (χ1v) is 7.54. The maximum Gasteiger partial charge on any atom is 0.272 e. The van der Waals surface area contributed by atoms with E-state index >= 15 is 0 Å². The molecule has 0 radical (unpaired) electrons. The summed E-state index contributed by atoms with van der Waals surface area (Å²) in [6.07, 6.45) is 4.26. The fraction of sp³-hybridized carbons (Fsp3) is 0.214. The van der Waals surface area contributed by atoms with Gasteiger partial charge in [0.05, 0.1) is 10.7 Å². The number of hydrogen-bond donors (Lipinski definition) is 1. The van der Waals surface area contributed by atoms with Crippen LogP contribution in [0.15, 0.2) is 36.5 Å². The van der Waals surface area contributed by atoms with Gasteiger partial charge in [0.1, 0.15) is 5.69 Å². The molecule has 1 aromatic carbocycles. The zero-order valence-corrected chi connectivity index (χ0v) is 13.0. The van der Waals surface area contributed by atoms with Crippen LogP contribution < -0.4 is 5.32 Å². The van der Waals surface area contributed by atoms with E-state index in [9.17, 15) is 4.79 Å². The van der Waals surface area contributed by atoms with Crippen molar-refractivity contribution < 1.29 is 4.79 Å². The Balaban J connectivity index is 1.82. The Labute approximate surface area is 130 Å². The van der Waals surface area contributed by atoms with Crippen molar-refractivity contribution in [3.63, 3.8) is 0 Å². The Hall–Kier alpha value is -1.01. The van der Waals surface area contributed by atoms with E-state index in [1.54, 1.807) is 0 Å². The Bertz CT molecular complexity index is 634. The van der Waals surface area contributed by atoms with Crippen LogP contribution in [0.5, 0.6) is 0 Å². The first-order valence-electron chi connectivity index (χ1n) is 6.08. The highest BCUT2D eigenvalue weighted by molar-refractivity contribution is 14.1. The van der Waals surface area contributed by atoms with Gasteiger partial charge in [-0.2, -0.15) is 0 Å². The van der Waals surface area contributed by atoms with Crippen molar-refractivity contribution in [3.8, 4) is 0 Å². The van der Waals surface area contributed by atoms with Gasteiger partial charge in [0.2, 0.25) is 0 Å². The summed E-state index contributed by atoms with van der Waals surface area (Å²) in [5.41, 5.74) is 1.34. The van der Waals surface area contributed by atoms with E-state index in [1.165, 1.54) is 0 Å². The standard InChI is InChI=1S/C14H12ClIN2O/c15-11-8-9(16)3-6-12(11)17-14(19)13-2-1-7-18(13)10-4-5-10/h1-3,6-8,10H,4-5H2,(H,17,19). The van der Waals surface area contributed by atoms with Crippen LogP contribution in [-0.4, -0.2) is 10.5 Å². The number of amides is 1. The minimum Gasteiger partial charge on any atom is -0.340 e. The summed E-state index contributed by atoms with van der Waals surface area (Å²) in [4.78, 5) is 12.3. The van der Waals surface area contributed by atoms with Gasteiger partial charge in [-0.15, -0.1) is 0 Å². The van der Waals surface area contributed by atoms with Gasteiger partial charge in [0.25, 0.3) is 5.91 Å². The number of nitrogens with zero attached hydrogens (tertiary/aromatic N) is 1. The largest absolute Gasteiger partial charge is 0.340 e. The average Bonchev–Trinajstić information content (AvgIpc) is 3.10. The Morgan fingerprint density at radius 1 is 1.37 bits per heavy atom. The van der Waals surface area contributed by atoms with Crippen molar-refractivity contribution in [2.75, 3.05) is 5.32 Å². The normalized spacial score (nSPS) is 14.4. The topological polar surface area (TPSA) is 34.0 Å². The highest BCUT2D eigenvalue weighted by Crippen LogP contribution is 2.36. The number of rotatable bonds is 3. The fourth-order valence-electron chi connectivity index (χ4n) is 2.03. The van der Waals surface area contributed by atoms with Gasteiger partial charge in [-0.1, -0.05) is 11.6 Å². The number of carbonyl (C=O) groups excluding carboxylic acids is 1. The molecule has 0 bridgehead atoms. The molecule has 0 aliphatic heterocycles. The molecule has 1 aliphatic carbocycles. The van der Waals surface area contributed by atoms with Gasteiger partial charge in [0.15, 0.2) is 0 Å². The van der Waals surface area contributed by atoms with Crippen molar-refractivity contribution in [1.82, 2.24) is 4.57 Å². The molecular weight excluding hydrogens is 375 g/mol. The number of anilines is 1. The molecule has 19 heavy (non-hydrogen) atoms. The van der Waals surface area contributed by atoms with Crippen molar-refractivity contribution >= 4 is 45.8 Å². The maximum atomic E-state index is 12.3. The van der Waals surface area contributed by atoms with Gasteiger partial charge in [-0.05, 0) is 65.8 Å². The maximum absolute atomic E-state index is 12.3. The third-order valence-corrected chi connectivity index (χ3v) is 4.11. The first kappa shape index (κ1) is 13.0. The lowest BCUT2D eigenvalue weighted by Gasteiger charge is -2.10. The van der Waals surface area contributed by atoms with E-state index in [4.69, 9.17) is 11.6 Å². The molecule has 3 nitrogen and oxygen atoms in total. The van der Waals surface area contributed by atoms with Crippen LogP contribution in [0.3, 0.4) is 0 Å². The fourth-order valence-corrected chi connectivity index (χ4v) is 2.94. The molecule has 98 valence electrons. The van der Waals surface area contributed by atoms with Crippen LogP contribution >= 0.6 is 34.2 Å². The lowest BCUT2D eigenvalue weighted by molar-refractivity contribution is 0.101. The molecule has 1 heterocycles. The lowest BCUT2D eigenvalue weighted by atomic mass is 10.3. The molecule has 1 N–H and O–H groups in total. The van der Waals surface area contributed by atoms with E-state index in [-0.39, 0.29) is 5.91 Å². The van der Waals surface area contributed by atoms with Gasteiger partial charge in [-0.25, -0.2) is 0 Å². The van der Waals surface area contributed by atoms with E-state index < -0.39 is 0 Å². The molecule has 0 atom stereocenters. The minimum atomic E-state index is -0.111. The van der Waals surface area contributed by atoms with Crippen LogP contribution in [0.1, 0.15) is 29.4 Å². The SMILES string of the molecule is O=C(Nc1ccc(I)cc1Cl)c1cccn1C1CC1. The highest BCUT2D eigenvalue weighted by Gasteiger charge is 2.26. The third kappa shape index (κ3) is 2.79. The second kappa shape index (κ2) is 5.17. The third-order valence-electron chi connectivity index (χ3n) is 3.13. The minimum absolute atomic E-state index is 0.111. The number of nitrogens with one attached hydrogen (secondary N) is 1. The molecule has 5 heteroatoms. The molecule has 0 unspecified atom stereocenters. The molecule has 0 spiro atoms. The summed E-state index contributed by atoms with van der Waals surface area (Å²) < 4.78 is 3.08. The Morgan fingerprint density at radius 3 is 2.84 bits per heavy atom. The molecule has 1 amide bonds. The monoisotopic (exact) mass is 386 g/mol. The number of halogens is 2. The van der Waals surface area contributed by atoms with Crippen LogP contribution in [0.2, 0.25) is 5.02 Å². The summed E-state index contributed by atoms with van der Waals surface area (Å²) >= 11 is 8.31. The molecule has 1 aromatic heterocycles. The lowest BCUT2D eigenvalue weighted by Crippen LogP contribution is -2.16. The summed E-state index contributed by atoms with van der Waals surface area (Å²) in [7, 11) is 0. The van der Waals surface area contributed by atoms with E-state index in [0.29, 0.717) is 22.4 Å². The molecule has 2 aromatic rings. The zero-order chi connectivity index (χ0) is 13.4. The number of aromatic nitrogens is 1. The van der Waals surface area contributed by atoms with E-state index in [1.807, 2.05) is 41.1 Å². The van der Waals surface area contributed by atoms with Crippen molar-refractivity contribution in [1.29, 1.82) is 0 Å². The predicted octanol–water partition coefficient (Wildman–Crippen LogP) is 4.33. The highest BCUT2D eigenvalue weighted by atomic mass is 127. The van der Waals surface area contributed by atoms with Gasteiger partial charge >= 0.3 is 0 Å². The molecule has 1 fully saturated rings. The summed E-state index contributed by atoms with van der Waals surface area (Å²) in [6, 6.07) is 9.81. The van der Waals surface area contributed by atoms with Crippen LogP contribution in [0.4, 0.5) is 5.69 Å². The smallest absolute Gasteiger partial charge is 0.272 e. The van der Waals surface area contributed by atoms with Crippen LogP contribution in [0.25, 0.3) is 0 Å². The number of benzene rings is 1. The van der Waals surface area contributed by atoms with Crippen molar-refractivity contribution in [2.45, 2.75) is 18.9 Å². The van der Waals surface area contributed by atoms with E-state index in [2.05, 4.69) is 27.9 Å². The molecule has 1 saturated carbocycles.